The first-order chi connectivity index (χ1) is 4.00. The molecule has 1 rings (SSSR count). The van der Waals surface area contributed by atoms with Crippen molar-refractivity contribution < 1.29 is 31.9 Å². The van der Waals surface area contributed by atoms with E-state index in [1.807, 2.05) is 6.08 Å². The van der Waals surface area contributed by atoms with Gasteiger partial charge in [0.1, 0.15) is 0 Å². The molecule has 0 amide bonds. The first kappa shape index (κ1) is 13.0. The SMILES string of the molecule is [C-]1=C/C=C\CCCC1.[Cl-].[Rh+2]. The van der Waals surface area contributed by atoms with Crippen LogP contribution in [0, 0.1) is 6.08 Å². The minimum atomic E-state index is 0. The third-order valence-electron chi connectivity index (χ3n) is 1.29. The maximum absolute atomic E-state index is 3.18. The molecular formula is C8H11ClRh. The smallest absolute Gasteiger partial charge is 1.00 e. The molecule has 1 aliphatic rings. The topological polar surface area (TPSA) is 0 Å². The normalized spacial score (nSPS) is 19.2. The van der Waals surface area contributed by atoms with Crippen LogP contribution in [0.4, 0.5) is 0 Å². The fourth-order valence-corrected chi connectivity index (χ4v) is 0.805. The minimum Gasteiger partial charge on any atom is -1.00 e. The number of rotatable bonds is 0. The van der Waals surface area contributed by atoms with Crippen LogP contribution in [0.5, 0.6) is 0 Å². The van der Waals surface area contributed by atoms with Crippen LogP contribution in [0.1, 0.15) is 25.7 Å². The molecule has 0 saturated carbocycles. The molecule has 0 spiro atoms. The van der Waals surface area contributed by atoms with Gasteiger partial charge < -0.3 is 12.4 Å². The molecule has 0 unspecified atom stereocenters. The molecule has 0 fully saturated rings. The summed E-state index contributed by atoms with van der Waals surface area (Å²) in [6.07, 6.45) is 14.5. The number of hydrogen-bond donors (Lipinski definition) is 0. The largest absolute Gasteiger partial charge is 2.00 e. The van der Waals surface area contributed by atoms with E-state index in [0.717, 1.165) is 6.42 Å². The maximum atomic E-state index is 3.18. The molecule has 0 aromatic carbocycles. The average molecular weight is 246 g/mol. The molecule has 1 radical (unpaired) electrons. The Bertz CT molecular complexity index is 93.8. The second-order valence-corrected chi connectivity index (χ2v) is 2.04. The van der Waals surface area contributed by atoms with E-state index < -0.39 is 0 Å². The van der Waals surface area contributed by atoms with Gasteiger partial charge in [0.15, 0.2) is 0 Å². The Hall–Kier alpha value is 0.393. The minimum absolute atomic E-state index is 0. The predicted octanol–water partition coefficient (Wildman–Crippen LogP) is -0.523. The van der Waals surface area contributed by atoms with E-state index in [4.69, 9.17) is 0 Å². The van der Waals surface area contributed by atoms with Crippen LogP contribution in [0.15, 0.2) is 18.2 Å². The maximum Gasteiger partial charge on any atom is 2.00 e. The molecule has 0 nitrogen and oxygen atoms in total. The van der Waals surface area contributed by atoms with Gasteiger partial charge in [-0.3, -0.25) is 6.08 Å². The van der Waals surface area contributed by atoms with Crippen LogP contribution in [0.2, 0.25) is 0 Å². The summed E-state index contributed by atoms with van der Waals surface area (Å²) < 4.78 is 0. The van der Waals surface area contributed by atoms with Crippen molar-refractivity contribution in [3.63, 3.8) is 0 Å². The zero-order chi connectivity index (χ0) is 5.66. The third kappa shape index (κ3) is 6.51. The summed E-state index contributed by atoms with van der Waals surface area (Å²) in [5, 5.41) is 0. The Labute approximate surface area is 81.9 Å². The van der Waals surface area contributed by atoms with Crippen LogP contribution < -0.4 is 12.4 Å². The average Bonchev–Trinajstić information content (AvgIpc) is 1.62. The molecule has 59 valence electrons. The molecule has 2 heteroatoms. The molecule has 0 bridgehead atoms. The zero-order valence-electron chi connectivity index (χ0n) is 5.77. The van der Waals surface area contributed by atoms with Gasteiger partial charge in [0.2, 0.25) is 0 Å². The Kier molecular flexibility index (Phi) is 12.2. The van der Waals surface area contributed by atoms with E-state index in [-0.39, 0.29) is 31.9 Å². The summed E-state index contributed by atoms with van der Waals surface area (Å²) in [7, 11) is 0. The zero-order valence-corrected chi connectivity index (χ0v) is 8.17. The Morgan fingerprint density at radius 1 is 1.20 bits per heavy atom. The van der Waals surface area contributed by atoms with Gasteiger partial charge in [-0.1, -0.05) is 19.3 Å². The van der Waals surface area contributed by atoms with Gasteiger partial charge >= 0.3 is 19.5 Å². The molecule has 0 atom stereocenters. The van der Waals surface area contributed by atoms with Crippen LogP contribution in [0.3, 0.4) is 0 Å². The van der Waals surface area contributed by atoms with Gasteiger partial charge in [-0.15, -0.1) is 6.42 Å². The molecule has 1 aliphatic carbocycles. The molecule has 0 aliphatic heterocycles. The van der Waals surface area contributed by atoms with Gasteiger partial charge in [0.25, 0.3) is 0 Å². The fourth-order valence-electron chi connectivity index (χ4n) is 0.805. The van der Waals surface area contributed by atoms with Crippen molar-refractivity contribution in [2.75, 3.05) is 0 Å². The van der Waals surface area contributed by atoms with Gasteiger partial charge in [-0.2, -0.15) is 6.08 Å². The van der Waals surface area contributed by atoms with E-state index in [1.54, 1.807) is 0 Å². The third-order valence-corrected chi connectivity index (χ3v) is 1.29. The molecule has 10 heavy (non-hydrogen) atoms. The van der Waals surface area contributed by atoms with E-state index >= 15 is 0 Å². The number of allylic oxidation sites excluding steroid dienone is 4. The van der Waals surface area contributed by atoms with Crippen molar-refractivity contribution in [2.24, 2.45) is 0 Å². The number of halogens is 1. The van der Waals surface area contributed by atoms with E-state index in [2.05, 4.69) is 18.2 Å². The summed E-state index contributed by atoms with van der Waals surface area (Å²) in [5.41, 5.74) is 0. The Balaban J connectivity index is 0. The molecule has 0 heterocycles. The predicted molar refractivity (Wildman–Crippen MR) is 35.4 cm³/mol. The molecular weight excluding hydrogens is 234 g/mol. The van der Waals surface area contributed by atoms with Crippen LogP contribution in [0.25, 0.3) is 0 Å². The standard InChI is InChI=1S/C8H11.ClH.Rh/c1-2-4-6-8-7-5-3-1;;/h1-3H,4,6-8H2;1H;/q-1;;+2/p-1/b2-1-;;. The van der Waals surface area contributed by atoms with Gasteiger partial charge in [-0.25, -0.2) is 12.2 Å². The molecule has 0 aromatic rings. The van der Waals surface area contributed by atoms with E-state index in [0.29, 0.717) is 0 Å². The van der Waals surface area contributed by atoms with Crippen molar-refractivity contribution in [2.45, 2.75) is 25.7 Å². The summed E-state index contributed by atoms with van der Waals surface area (Å²) >= 11 is 0. The van der Waals surface area contributed by atoms with Crippen LogP contribution >= 0.6 is 0 Å². The molecule has 0 saturated heterocycles. The second-order valence-electron chi connectivity index (χ2n) is 2.04. The van der Waals surface area contributed by atoms with Gasteiger partial charge in [0.05, 0.1) is 0 Å². The van der Waals surface area contributed by atoms with Crippen LogP contribution in [-0.4, -0.2) is 0 Å². The van der Waals surface area contributed by atoms with Crippen molar-refractivity contribution in [1.82, 2.24) is 0 Å². The summed E-state index contributed by atoms with van der Waals surface area (Å²) in [6.45, 7) is 0. The van der Waals surface area contributed by atoms with Gasteiger partial charge in [0, 0.05) is 0 Å². The van der Waals surface area contributed by atoms with Gasteiger partial charge in [-0.05, 0) is 0 Å². The molecule has 0 aromatic heterocycles. The quantitative estimate of drug-likeness (QED) is 0.398. The van der Waals surface area contributed by atoms with Crippen molar-refractivity contribution in [3.05, 3.63) is 24.3 Å². The number of hydrogen-bond acceptors (Lipinski definition) is 0. The molecule has 0 N–H and O–H groups in total. The summed E-state index contributed by atoms with van der Waals surface area (Å²) in [5.74, 6) is 0. The van der Waals surface area contributed by atoms with E-state index in [1.165, 1.54) is 19.3 Å². The summed E-state index contributed by atoms with van der Waals surface area (Å²) in [4.78, 5) is 0. The van der Waals surface area contributed by atoms with Crippen molar-refractivity contribution in [3.8, 4) is 0 Å². The van der Waals surface area contributed by atoms with E-state index in [9.17, 15) is 0 Å². The summed E-state index contributed by atoms with van der Waals surface area (Å²) in [6, 6.07) is 0. The first-order valence-corrected chi connectivity index (χ1v) is 3.22. The Morgan fingerprint density at radius 3 is 2.80 bits per heavy atom. The second kappa shape index (κ2) is 9.39. The fraction of sp³-hybridized carbons (Fsp3) is 0.500. The monoisotopic (exact) mass is 245 g/mol. The first-order valence-electron chi connectivity index (χ1n) is 3.22. The van der Waals surface area contributed by atoms with Crippen molar-refractivity contribution in [1.29, 1.82) is 0 Å². The van der Waals surface area contributed by atoms with Crippen molar-refractivity contribution >= 4 is 0 Å². The van der Waals surface area contributed by atoms with Crippen LogP contribution in [-0.2, 0) is 19.5 Å². The Morgan fingerprint density at radius 2 is 2.00 bits per heavy atom.